The van der Waals surface area contributed by atoms with Crippen LogP contribution in [0, 0.1) is 0 Å². The molecule has 0 fully saturated rings. The van der Waals surface area contributed by atoms with Gasteiger partial charge >= 0.3 is 6.09 Å². The minimum Gasteiger partial charge on any atom is -0.445 e. The molecule has 1 unspecified atom stereocenters. The van der Waals surface area contributed by atoms with E-state index in [0.717, 1.165) is 11.1 Å². The van der Waals surface area contributed by atoms with Gasteiger partial charge in [0.2, 0.25) is 5.91 Å². The van der Waals surface area contributed by atoms with Gasteiger partial charge in [-0.25, -0.2) is 4.79 Å². The number of nitrogens with two attached hydrogens (primary N) is 1. The molecule has 2 rings (SSSR count). The zero-order valence-electron chi connectivity index (χ0n) is 14.6. The second-order valence-corrected chi connectivity index (χ2v) is 6.15. The van der Waals surface area contributed by atoms with E-state index in [1.807, 2.05) is 74.5 Å². The Kier molecular flexibility index (Phi) is 6.57. The molecule has 25 heavy (non-hydrogen) atoms. The van der Waals surface area contributed by atoms with E-state index >= 15 is 0 Å². The minimum atomic E-state index is -0.759. The lowest BCUT2D eigenvalue weighted by Crippen LogP contribution is -2.52. The summed E-state index contributed by atoms with van der Waals surface area (Å²) in [5.41, 5.74) is 7.40. The number of primary amides is 1. The van der Waals surface area contributed by atoms with E-state index in [-0.39, 0.29) is 12.6 Å². The number of ether oxygens (including phenoxy) is 1. The summed E-state index contributed by atoms with van der Waals surface area (Å²) in [4.78, 5) is 26.0. The van der Waals surface area contributed by atoms with Crippen molar-refractivity contribution in [2.24, 2.45) is 5.73 Å². The van der Waals surface area contributed by atoms with Crippen molar-refractivity contribution in [1.82, 2.24) is 4.90 Å². The van der Waals surface area contributed by atoms with Crippen LogP contribution < -0.4 is 5.73 Å². The maximum atomic E-state index is 12.6. The van der Waals surface area contributed by atoms with Crippen LogP contribution in [0.15, 0.2) is 60.7 Å². The molecular formula is C20H24N2O3. The van der Waals surface area contributed by atoms with Gasteiger partial charge in [-0.05, 0) is 25.0 Å². The van der Waals surface area contributed by atoms with Gasteiger partial charge in [0.05, 0.1) is 0 Å². The molecule has 0 heterocycles. The SMILES string of the molecule is CC(C)N(C(=O)OCc1ccccc1)C(Cc1ccccc1)C(N)=O. The molecule has 0 aliphatic rings. The van der Waals surface area contributed by atoms with E-state index in [2.05, 4.69) is 0 Å². The van der Waals surface area contributed by atoms with Gasteiger partial charge in [0.15, 0.2) is 0 Å². The van der Waals surface area contributed by atoms with E-state index in [1.54, 1.807) is 0 Å². The Labute approximate surface area is 148 Å². The van der Waals surface area contributed by atoms with Crippen molar-refractivity contribution >= 4 is 12.0 Å². The first-order chi connectivity index (χ1) is 12.0. The first-order valence-electron chi connectivity index (χ1n) is 8.31. The summed E-state index contributed by atoms with van der Waals surface area (Å²) in [6.45, 7) is 3.83. The van der Waals surface area contributed by atoms with E-state index in [9.17, 15) is 9.59 Å². The fraction of sp³-hybridized carbons (Fsp3) is 0.300. The Morgan fingerprint density at radius 3 is 1.96 bits per heavy atom. The van der Waals surface area contributed by atoms with Crippen molar-refractivity contribution in [2.45, 2.75) is 39.0 Å². The Morgan fingerprint density at radius 2 is 1.48 bits per heavy atom. The van der Waals surface area contributed by atoms with Crippen LogP contribution in [0.4, 0.5) is 4.79 Å². The highest BCUT2D eigenvalue weighted by molar-refractivity contribution is 5.84. The third-order valence-corrected chi connectivity index (χ3v) is 3.91. The number of amides is 2. The Morgan fingerprint density at radius 1 is 0.960 bits per heavy atom. The normalized spacial score (nSPS) is 11.8. The molecule has 0 aromatic heterocycles. The number of carbonyl (C=O) groups is 2. The van der Waals surface area contributed by atoms with Gasteiger partial charge < -0.3 is 10.5 Å². The predicted molar refractivity (Wildman–Crippen MR) is 96.7 cm³/mol. The summed E-state index contributed by atoms with van der Waals surface area (Å²) in [6, 6.07) is 17.9. The molecule has 2 aromatic carbocycles. The molecule has 5 heteroatoms. The smallest absolute Gasteiger partial charge is 0.411 e. The first kappa shape index (κ1) is 18.5. The quantitative estimate of drug-likeness (QED) is 0.841. The summed E-state index contributed by atoms with van der Waals surface area (Å²) in [5.74, 6) is -0.547. The molecule has 0 aliphatic carbocycles. The van der Waals surface area contributed by atoms with Crippen LogP contribution in [0.1, 0.15) is 25.0 Å². The van der Waals surface area contributed by atoms with Crippen LogP contribution in [0.5, 0.6) is 0 Å². The van der Waals surface area contributed by atoms with Crippen LogP contribution >= 0.6 is 0 Å². The molecule has 1 atom stereocenters. The number of benzene rings is 2. The third-order valence-electron chi connectivity index (χ3n) is 3.91. The van der Waals surface area contributed by atoms with E-state index in [1.165, 1.54) is 4.90 Å². The summed E-state index contributed by atoms with van der Waals surface area (Å²) in [5, 5.41) is 0. The van der Waals surface area contributed by atoms with Crippen molar-refractivity contribution < 1.29 is 14.3 Å². The molecular weight excluding hydrogens is 316 g/mol. The van der Waals surface area contributed by atoms with Crippen molar-refractivity contribution in [3.8, 4) is 0 Å². The number of hydrogen-bond donors (Lipinski definition) is 1. The Hall–Kier alpha value is -2.82. The van der Waals surface area contributed by atoms with Crippen LogP contribution in [0.3, 0.4) is 0 Å². The highest BCUT2D eigenvalue weighted by Gasteiger charge is 2.31. The number of carbonyl (C=O) groups excluding carboxylic acids is 2. The lowest BCUT2D eigenvalue weighted by Gasteiger charge is -2.32. The van der Waals surface area contributed by atoms with Crippen molar-refractivity contribution in [1.29, 1.82) is 0 Å². The topological polar surface area (TPSA) is 72.6 Å². The predicted octanol–water partition coefficient (Wildman–Crippen LogP) is 3.13. The maximum Gasteiger partial charge on any atom is 0.411 e. The maximum absolute atomic E-state index is 12.6. The summed E-state index contributed by atoms with van der Waals surface area (Å²) >= 11 is 0. The lowest BCUT2D eigenvalue weighted by molar-refractivity contribution is -0.123. The van der Waals surface area contributed by atoms with Crippen molar-refractivity contribution in [2.75, 3.05) is 0 Å². The zero-order valence-corrected chi connectivity index (χ0v) is 14.6. The summed E-state index contributed by atoms with van der Waals surface area (Å²) in [7, 11) is 0. The fourth-order valence-corrected chi connectivity index (χ4v) is 2.67. The van der Waals surface area contributed by atoms with Gasteiger partial charge in [-0.3, -0.25) is 9.69 Å². The standard InChI is InChI=1S/C20H24N2O3/c1-15(2)22(20(24)25-14-17-11-7-4-8-12-17)18(19(21)23)13-16-9-5-3-6-10-16/h3-12,15,18H,13-14H2,1-2H3,(H2,21,23). The molecule has 2 aromatic rings. The second-order valence-electron chi connectivity index (χ2n) is 6.15. The molecule has 0 radical (unpaired) electrons. The van der Waals surface area contributed by atoms with E-state index < -0.39 is 18.0 Å². The average molecular weight is 340 g/mol. The minimum absolute atomic E-state index is 0.152. The van der Waals surface area contributed by atoms with Crippen LogP contribution in [0.2, 0.25) is 0 Å². The Bertz CT molecular complexity index is 687. The molecule has 5 nitrogen and oxygen atoms in total. The van der Waals surface area contributed by atoms with Gasteiger partial charge in [0.25, 0.3) is 0 Å². The molecule has 132 valence electrons. The lowest BCUT2D eigenvalue weighted by atomic mass is 10.0. The highest BCUT2D eigenvalue weighted by atomic mass is 16.6. The average Bonchev–Trinajstić information content (AvgIpc) is 2.61. The Balaban J connectivity index is 2.12. The molecule has 0 aliphatic heterocycles. The molecule has 0 spiro atoms. The molecule has 0 saturated heterocycles. The largest absolute Gasteiger partial charge is 0.445 e. The second kappa shape index (κ2) is 8.87. The van der Waals surface area contributed by atoms with Gasteiger partial charge in [-0.2, -0.15) is 0 Å². The van der Waals surface area contributed by atoms with Crippen LogP contribution in [-0.4, -0.2) is 29.0 Å². The van der Waals surface area contributed by atoms with Crippen molar-refractivity contribution in [3.05, 3.63) is 71.8 Å². The fourth-order valence-electron chi connectivity index (χ4n) is 2.67. The molecule has 0 saturated carbocycles. The number of nitrogens with zero attached hydrogens (tertiary/aromatic N) is 1. The van der Waals surface area contributed by atoms with Crippen LogP contribution in [-0.2, 0) is 22.6 Å². The monoisotopic (exact) mass is 340 g/mol. The highest BCUT2D eigenvalue weighted by Crippen LogP contribution is 2.15. The molecule has 0 bridgehead atoms. The van der Waals surface area contributed by atoms with Crippen molar-refractivity contribution in [3.63, 3.8) is 0 Å². The summed E-state index contributed by atoms with van der Waals surface area (Å²) in [6.07, 6.45) is -0.187. The van der Waals surface area contributed by atoms with Gasteiger partial charge in [-0.1, -0.05) is 60.7 Å². The van der Waals surface area contributed by atoms with Gasteiger partial charge in [0.1, 0.15) is 12.6 Å². The van der Waals surface area contributed by atoms with Gasteiger partial charge in [0, 0.05) is 12.5 Å². The molecule has 2 amide bonds. The first-order valence-corrected chi connectivity index (χ1v) is 8.31. The number of hydrogen-bond acceptors (Lipinski definition) is 3. The molecule has 2 N–H and O–H groups in total. The zero-order chi connectivity index (χ0) is 18.2. The number of rotatable bonds is 7. The van der Waals surface area contributed by atoms with E-state index in [0.29, 0.717) is 6.42 Å². The third kappa shape index (κ3) is 5.35. The van der Waals surface area contributed by atoms with Crippen LogP contribution in [0.25, 0.3) is 0 Å². The van der Waals surface area contributed by atoms with Gasteiger partial charge in [-0.15, -0.1) is 0 Å². The summed E-state index contributed by atoms with van der Waals surface area (Å²) < 4.78 is 5.40. The van der Waals surface area contributed by atoms with E-state index in [4.69, 9.17) is 10.5 Å².